The number of benzene rings is 2. The average molecular weight is 318 g/mol. The SMILES string of the molecule is CCN(c1cccc(C)c1)c1ccc(CBr)cc1C. The van der Waals surface area contributed by atoms with Crippen molar-refractivity contribution in [1.82, 2.24) is 0 Å². The van der Waals surface area contributed by atoms with E-state index in [1.54, 1.807) is 0 Å². The van der Waals surface area contributed by atoms with E-state index in [1.165, 1.54) is 28.1 Å². The number of alkyl halides is 1. The summed E-state index contributed by atoms with van der Waals surface area (Å²) in [4.78, 5) is 2.36. The van der Waals surface area contributed by atoms with Gasteiger partial charge in [0, 0.05) is 23.2 Å². The molecule has 0 fully saturated rings. The van der Waals surface area contributed by atoms with Gasteiger partial charge in [0.1, 0.15) is 0 Å². The zero-order valence-corrected chi connectivity index (χ0v) is 13.4. The molecule has 0 atom stereocenters. The van der Waals surface area contributed by atoms with Gasteiger partial charge in [0.15, 0.2) is 0 Å². The summed E-state index contributed by atoms with van der Waals surface area (Å²) in [7, 11) is 0. The van der Waals surface area contributed by atoms with Crippen molar-refractivity contribution in [3.63, 3.8) is 0 Å². The molecule has 1 nitrogen and oxygen atoms in total. The lowest BCUT2D eigenvalue weighted by Crippen LogP contribution is -2.17. The Kier molecular flexibility index (Phi) is 4.65. The van der Waals surface area contributed by atoms with Crippen molar-refractivity contribution < 1.29 is 0 Å². The zero-order valence-electron chi connectivity index (χ0n) is 11.8. The van der Waals surface area contributed by atoms with Gasteiger partial charge in [-0.2, -0.15) is 0 Å². The van der Waals surface area contributed by atoms with E-state index in [9.17, 15) is 0 Å². The molecule has 2 heteroatoms. The van der Waals surface area contributed by atoms with Gasteiger partial charge in [-0.25, -0.2) is 0 Å². The Morgan fingerprint density at radius 2 is 1.84 bits per heavy atom. The van der Waals surface area contributed by atoms with Gasteiger partial charge in [-0.05, 0) is 55.7 Å². The number of aryl methyl sites for hydroxylation is 2. The molecule has 19 heavy (non-hydrogen) atoms. The first kappa shape index (κ1) is 14.1. The van der Waals surface area contributed by atoms with Gasteiger partial charge in [0.2, 0.25) is 0 Å². The van der Waals surface area contributed by atoms with Crippen LogP contribution >= 0.6 is 15.9 Å². The van der Waals surface area contributed by atoms with Crippen molar-refractivity contribution >= 4 is 27.3 Å². The highest BCUT2D eigenvalue weighted by atomic mass is 79.9. The van der Waals surface area contributed by atoms with Crippen LogP contribution in [0.25, 0.3) is 0 Å². The fourth-order valence-corrected chi connectivity index (χ4v) is 2.74. The molecule has 0 heterocycles. The summed E-state index contributed by atoms with van der Waals surface area (Å²) in [6.07, 6.45) is 0. The molecule has 2 aromatic rings. The standard InChI is InChI=1S/C17H20BrN/c1-4-19(16-7-5-6-13(2)10-16)17-9-8-15(12-18)11-14(17)3/h5-11H,4,12H2,1-3H3. The topological polar surface area (TPSA) is 3.24 Å². The summed E-state index contributed by atoms with van der Waals surface area (Å²) < 4.78 is 0. The van der Waals surface area contributed by atoms with Crippen LogP contribution in [0.4, 0.5) is 11.4 Å². The molecule has 2 rings (SSSR count). The van der Waals surface area contributed by atoms with Crippen LogP contribution < -0.4 is 4.90 Å². The van der Waals surface area contributed by atoms with Gasteiger partial charge in [0.25, 0.3) is 0 Å². The second-order valence-corrected chi connectivity index (χ2v) is 5.40. The van der Waals surface area contributed by atoms with Crippen molar-refractivity contribution in [2.24, 2.45) is 0 Å². The summed E-state index contributed by atoms with van der Waals surface area (Å²) in [5, 5.41) is 0.907. The monoisotopic (exact) mass is 317 g/mol. The van der Waals surface area contributed by atoms with Crippen LogP contribution in [0.15, 0.2) is 42.5 Å². The van der Waals surface area contributed by atoms with Crippen molar-refractivity contribution in [1.29, 1.82) is 0 Å². The third kappa shape index (κ3) is 3.19. The zero-order chi connectivity index (χ0) is 13.8. The molecule has 2 aromatic carbocycles. The van der Waals surface area contributed by atoms with E-state index in [2.05, 4.69) is 84.1 Å². The predicted octanol–water partition coefficient (Wildman–Crippen LogP) is 5.36. The van der Waals surface area contributed by atoms with Crippen LogP contribution in [-0.4, -0.2) is 6.54 Å². The highest BCUT2D eigenvalue weighted by molar-refractivity contribution is 9.08. The van der Waals surface area contributed by atoms with Gasteiger partial charge in [0.05, 0.1) is 0 Å². The average Bonchev–Trinajstić information content (AvgIpc) is 2.41. The van der Waals surface area contributed by atoms with Crippen LogP contribution in [0.3, 0.4) is 0 Å². The maximum absolute atomic E-state index is 3.51. The Morgan fingerprint density at radius 3 is 2.42 bits per heavy atom. The quantitative estimate of drug-likeness (QED) is 0.686. The van der Waals surface area contributed by atoms with Gasteiger partial charge >= 0.3 is 0 Å². The molecule has 0 aliphatic rings. The minimum Gasteiger partial charge on any atom is -0.342 e. The van der Waals surface area contributed by atoms with Crippen LogP contribution in [0.2, 0.25) is 0 Å². The first-order valence-electron chi connectivity index (χ1n) is 6.65. The highest BCUT2D eigenvalue weighted by Gasteiger charge is 2.10. The number of anilines is 2. The van der Waals surface area contributed by atoms with Crippen molar-refractivity contribution in [2.75, 3.05) is 11.4 Å². The molecule has 0 aliphatic heterocycles. The first-order chi connectivity index (χ1) is 9.15. The van der Waals surface area contributed by atoms with Crippen molar-refractivity contribution in [3.8, 4) is 0 Å². The molecule has 0 unspecified atom stereocenters. The van der Waals surface area contributed by atoms with Crippen LogP contribution in [0.5, 0.6) is 0 Å². The molecule has 0 N–H and O–H groups in total. The maximum atomic E-state index is 3.51. The van der Waals surface area contributed by atoms with E-state index in [0.29, 0.717) is 0 Å². The Labute approximate surface area is 124 Å². The van der Waals surface area contributed by atoms with Gasteiger partial charge < -0.3 is 4.90 Å². The molecule has 0 saturated carbocycles. The Hall–Kier alpha value is -1.28. The fraction of sp³-hybridized carbons (Fsp3) is 0.294. The van der Waals surface area contributed by atoms with E-state index in [1.807, 2.05) is 0 Å². The predicted molar refractivity (Wildman–Crippen MR) is 87.7 cm³/mol. The minimum atomic E-state index is 0.907. The number of halogens is 1. The lowest BCUT2D eigenvalue weighted by Gasteiger charge is -2.25. The van der Waals surface area contributed by atoms with Gasteiger partial charge in [-0.15, -0.1) is 0 Å². The summed E-state index contributed by atoms with van der Waals surface area (Å²) in [6.45, 7) is 7.48. The second-order valence-electron chi connectivity index (χ2n) is 4.84. The third-order valence-corrected chi connectivity index (χ3v) is 3.98. The molecular formula is C17H20BrN. The normalized spacial score (nSPS) is 10.5. The van der Waals surface area contributed by atoms with E-state index >= 15 is 0 Å². The lowest BCUT2D eigenvalue weighted by atomic mass is 10.1. The molecule has 0 spiro atoms. The first-order valence-corrected chi connectivity index (χ1v) is 7.77. The highest BCUT2D eigenvalue weighted by Crippen LogP contribution is 2.29. The van der Waals surface area contributed by atoms with Crippen LogP contribution in [0.1, 0.15) is 23.6 Å². The molecule has 0 aromatic heterocycles. The number of hydrogen-bond donors (Lipinski definition) is 0. The summed E-state index contributed by atoms with van der Waals surface area (Å²) in [6, 6.07) is 15.3. The van der Waals surface area contributed by atoms with Crippen LogP contribution in [0, 0.1) is 13.8 Å². The van der Waals surface area contributed by atoms with Crippen molar-refractivity contribution in [3.05, 3.63) is 59.2 Å². The molecule has 0 aliphatic carbocycles. The van der Waals surface area contributed by atoms with E-state index < -0.39 is 0 Å². The largest absolute Gasteiger partial charge is 0.342 e. The molecule has 0 saturated heterocycles. The summed E-state index contributed by atoms with van der Waals surface area (Å²) >= 11 is 3.51. The number of hydrogen-bond acceptors (Lipinski definition) is 1. The van der Waals surface area contributed by atoms with Gasteiger partial charge in [-0.3, -0.25) is 0 Å². The fourth-order valence-electron chi connectivity index (χ4n) is 2.39. The Bertz CT molecular complexity index is 563. The lowest BCUT2D eigenvalue weighted by molar-refractivity contribution is 1.01. The van der Waals surface area contributed by atoms with Crippen molar-refractivity contribution in [2.45, 2.75) is 26.1 Å². The Morgan fingerprint density at radius 1 is 1.05 bits per heavy atom. The molecular weight excluding hydrogens is 298 g/mol. The Balaban J connectivity index is 2.42. The van der Waals surface area contributed by atoms with E-state index in [4.69, 9.17) is 0 Å². The molecule has 0 bridgehead atoms. The summed E-state index contributed by atoms with van der Waals surface area (Å²) in [5.74, 6) is 0. The maximum Gasteiger partial charge on any atom is 0.0440 e. The smallest absolute Gasteiger partial charge is 0.0440 e. The molecule has 0 amide bonds. The van der Waals surface area contributed by atoms with Gasteiger partial charge in [-0.1, -0.05) is 40.2 Å². The second kappa shape index (κ2) is 6.25. The minimum absolute atomic E-state index is 0.907. The van der Waals surface area contributed by atoms with E-state index in [0.717, 1.165) is 11.9 Å². The number of rotatable bonds is 4. The molecule has 100 valence electrons. The number of nitrogens with zero attached hydrogens (tertiary/aromatic N) is 1. The third-order valence-electron chi connectivity index (χ3n) is 3.34. The molecule has 0 radical (unpaired) electrons. The summed E-state index contributed by atoms with van der Waals surface area (Å²) in [5.41, 5.74) is 6.49. The van der Waals surface area contributed by atoms with E-state index in [-0.39, 0.29) is 0 Å². The van der Waals surface area contributed by atoms with Crippen LogP contribution in [-0.2, 0) is 5.33 Å².